The van der Waals surface area contributed by atoms with E-state index >= 15 is 0 Å². The lowest BCUT2D eigenvalue weighted by atomic mass is 10.7. The van der Waals surface area contributed by atoms with E-state index in [9.17, 15) is 18.0 Å². The minimum absolute atomic E-state index is 0.172. The largest absolute Gasteiger partial charge is 0.480 e. The second-order valence-electron chi connectivity index (χ2n) is 2.42. The van der Waals surface area contributed by atoms with Crippen molar-refractivity contribution < 1.29 is 23.1 Å². The fraction of sp³-hybridized carbons (Fsp3) is 0.600. The summed E-state index contributed by atoms with van der Waals surface area (Å²) in [4.78, 5) is 10.3. The Labute approximate surface area is 85.5 Å². The van der Waals surface area contributed by atoms with E-state index in [4.69, 9.17) is 5.11 Å². The summed E-state index contributed by atoms with van der Waals surface area (Å²) < 4.78 is 36.3. The number of hydrogen-bond acceptors (Lipinski definition) is 5. The molecule has 10 heteroatoms. The van der Waals surface area contributed by atoms with E-state index in [0.717, 1.165) is 4.68 Å². The summed E-state index contributed by atoms with van der Waals surface area (Å²) in [6.07, 6.45) is -4.34. The van der Waals surface area contributed by atoms with Gasteiger partial charge in [-0.05, 0) is 10.4 Å². The van der Waals surface area contributed by atoms with Crippen LogP contribution in [0.4, 0.5) is 13.2 Å². The highest BCUT2D eigenvalue weighted by atomic mass is 32.2. The van der Waals surface area contributed by atoms with E-state index in [-0.39, 0.29) is 5.16 Å². The lowest BCUT2D eigenvalue weighted by Gasteiger charge is -2.04. The maximum absolute atomic E-state index is 11.8. The lowest BCUT2D eigenvalue weighted by Crippen LogP contribution is -2.14. The van der Waals surface area contributed by atoms with Gasteiger partial charge in [-0.25, -0.2) is 4.68 Å². The molecule has 0 unspecified atom stereocenters. The van der Waals surface area contributed by atoms with E-state index in [1.807, 2.05) is 0 Å². The molecule has 0 amide bonds. The molecule has 0 saturated carbocycles. The van der Waals surface area contributed by atoms with Crippen LogP contribution in [0.1, 0.15) is 0 Å². The van der Waals surface area contributed by atoms with Gasteiger partial charge in [0.1, 0.15) is 6.54 Å². The number of aromatic nitrogens is 4. The quantitative estimate of drug-likeness (QED) is 0.770. The second kappa shape index (κ2) is 4.47. The molecule has 0 atom stereocenters. The van der Waals surface area contributed by atoms with E-state index in [0.29, 0.717) is 11.8 Å². The molecule has 0 radical (unpaired) electrons. The highest BCUT2D eigenvalue weighted by Crippen LogP contribution is 2.25. The van der Waals surface area contributed by atoms with Crippen molar-refractivity contribution in [1.82, 2.24) is 20.2 Å². The van der Waals surface area contributed by atoms with Crippen molar-refractivity contribution in [3.8, 4) is 0 Å². The Hall–Kier alpha value is -1.32. The first-order chi connectivity index (χ1) is 6.88. The van der Waals surface area contributed by atoms with Gasteiger partial charge in [0.2, 0.25) is 5.16 Å². The van der Waals surface area contributed by atoms with Crippen LogP contribution in [0.2, 0.25) is 0 Å². The number of nitrogens with zero attached hydrogens (tertiary/aromatic N) is 4. The van der Waals surface area contributed by atoms with Crippen LogP contribution in [-0.4, -0.2) is 43.2 Å². The van der Waals surface area contributed by atoms with Crippen molar-refractivity contribution in [1.29, 1.82) is 0 Å². The Morgan fingerprint density at radius 1 is 1.53 bits per heavy atom. The van der Waals surface area contributed by atoms with Crippen LogP contribution < -0.4 is 0 Å². The molecule has 1 heterocycles. The smallest absolute Gasteiger partial charge is 0.398 e. The predicted molar refractivity (Wildman–Crippen MR) is 42.2 cm³/mol. The summed E-state index contributed by atoms with van der Waals surface area (Å²) in [5, 5.41) is 17.8. The number of carboxylic acid groups (broad SMARTS) is 1. The Bertz CT molecular complexity index is 352. The maximum atomic E-state index is 11.8. The van der Waals surface area contributed by atoms with E-state index in [1.165, 1.54) is 0 Å². The van der Waals surface area contributed by atoms with Gasteiger partial charge in [0.15, 0.2) is 0 Å². The van der Waals surface area contributed by atoms with Crippen molar-refractivity contribution in [2.75, 3.05) is 5.75 Å². The third kappa shape index (κ3) is 4.14. The molecular weight excluding hydrogens is 237 g/mol. The van der Waals surface area contributed by atoms with Crippen LogP contribution in [0.3, 0.4) is 0 Å². The minimum Gasteiger partial charge on any atom is -0.480 e. The summed E-state index contributed by atoms with van der Waals surface area (Å²) in [5.41, 5.74) is 0. The Morgan fingerprint density at radius 2 is 2.20 bits per heavy atom. The number of carbonyl (C=O) groups is 1. The fourth-order valence-electron chi connectivity index (χ4n) is 0.674. The van der Waals surface area contributed by atoms with Gasteiger partial charge in [-0.15, -0.1) is 5.10 Å². The van der Waals surface area contributed by atoms with Gasteiger partial charge in [0.05, 0.1) is 5.75 Å². The number of hydrogen-bond donors (Lipinski definition) is 1. The molecule has 0 saturated heterocycles. The number of halogens is 3. The molecule has 0 fully saturated rings. The van der Waals surface area contributed by atoms with Crippen LogP contribution in [-0.2, 0) is 11.3 Å². The Kier molecular flexibility index (Phi) is 3.50. The molecule has 15 heavy (non-hydrogen) atoms. The lowest BCUT2D eigenvalue weighted by molar-refractivity contribution is -0.138. The topological polar surface area (TPSA) is 80.9 Å². The molecule has 0 aliphatic heterocycles. The first-order valence-electron chi connectivity index (χ1n) is 3.56. The van der Waals surface area contributed by atoms with E-state index in [2.05, 4.69) is 15.5 Å². The zero-order valence-corrected chi connectivity index (χ0v) is 7.92. The van der Waals surface area contributed by atoms with Crippen LogP contribution in [0.15, 0.2) is 5.16 Å². The first-order valence-corrected chi connectivity index (χ1v) is 4.54. The molecule has 1 rings (SSSR count). The third-order valence-corrected chi connectivity index (χ3v) is 2.17. The number of thioether (sulfide) groups is 1. The third-order valence-electron chi connectivity index (χ3n) is 1.15. The normalized spacial score (nSPS) is 11.7. The Balaban J connectivity index is 2.61. The van der Waals surface area contributed by atoms with Crippen LogP contribution in [0.5, 0.6) is 0 Å². The molecule has 0 aromatic carbocycles. The Morgan fingerprint density at radius 3 is 2.73 bits per heavy atom. The first kappa shape index (κ1) is 11.8. The van der Waals surface area contributed by atoms with Crippen molar-refractivity contribution in [3.05, 3.63) is 0 Å². The summed E-state index contributed by atoms with van der Waals surface area (Å²) in [6, 6.07) is 0. The highest BCUT2D eigenvalue weighted by molar-refractivity contribution is 7.99. The van der Waals surface area contributed by atoms with Crippen molar-refractivity contribution >= 4 is 17.7 Å². The summed E-state index contributed by atoms with van der Waals surface area (Å²) in [7, 11) is 0. The van der Waals surface area contributed by atoms with Crippen molar-refractivity contribution in [2.24, 2.45) is 0 Å². The van der Waals surface area contributed by atoms with E-state index in [1.54, 1.807) is 0 Å². The number of rotatable bonds is 4. The van der Waals surface area contributed by atoms with Gasteiger partial charge in [0, 0.05) is 0 Å². The number of alkyl halides is 3. The van der Waals surface area contributed by atoms with Gasteiger partial charge in [0.25, 0.3) is 0 Å². The van der Waals surface area contributed by atoms with Crippen LogP contribution >= 0.6 is 11.8 Å². The number of carboxylic acids is 1. The average molecular weight is 242 g/mol. The molecule has 6 nitrogen and oxygen atoms in total. The average Bonchev–Trinajstić information content (AvgIpc) is 2.46. The monoisotopic (exact) mass is 242 g/mol. The molecular formula is C5H5F3N4O2S. The summed E-state index contributed by atoms with van der Waals surface area (Å²) in [5.74, 6) is -2.39. The zero-order chi connectivity index (χ0) is 11.5. The molecule has 1 aromatic heterocycles. The van der Waals surface area contributed by atoms with Gasteiger partial charge in [-0.3, -0.25) is 4.79 Å². The van der Waals surface area contributed by atoms with Crippen molar-refractivity contribution in [2.45, 2.75) is 17.9 Å². The fourth-order valence-corrected chi connectivity index (χ4v) is 1.31. The van der Waals surface area contributed by atoms with E-state index < -0.39 is 24.4 Å². The summed E-state index contributed by atoms with van der Waals surface area (Å²) >= 11 is 0.341. The molecule has 1 aromatic rings. The van der Waals surface area contributed by atoms with Crippen LogP contribution in [0, 0.1) is 0 Å². The molecule has 0 aliphatic carbocycles. The zero-order valence-electron chi connectivity index (χ0n) is 7.10. The second-order valence-corrected chi connectivity index (χ2v) is 3.36. The molecule has 1 N–H and O–H groups in total. The molecule has 0 bridgehead atoms. The summed E-state index contributed by atoms with van der Waals surface area (Å²) in [6.45, 7) is -0.562. The molecule has 0 spiro atoms. The minimum atomic E-state index is -4.34. The van der Waals surface area contributed by atoms with Gasteiger partial charge in [-0.2, -0.15) is 13.2 Å². The molecule has 0 aliphatic rings. The maximum Gasteiger partial charge on any atom is 0.398 e. The van der Waals surface area contributed by atoms with Crippen molar-refractivity contribution in [3.63, 3.8) is 0 Å². The van der Waals surface area contributed by atoms with Crippen LogP contribution in [0.25, 0.3) is 0 Å². The highest BCUT2D eigenvalue weighted by Gasteiger charge is 2.28. The molecule has 84 valence electrons. The number of aliphatic carboxylic acids is 1. The van der Waals surface area contributed by atoms with Gasteiger partial charge < -0.3 is 5.11 Å². The van der Waals surface area contributed by atoms with Gasteiger partial charge >= 0.3 is 12.1 Å². The SMILES string of the molecule is O=C(O)Cn1nnnc1SCC(F)(F)F. The van der Waals surface area contributed by atoms with Gasteiger partial charge in [-0.1, -0.05) is 11.8 Å². The predicted octanol–water partition coefficient (Wildman–Crippen LogP) is 0.412. The standard InChI is InChI=1S/C5H5F3N4O2S/c6-5(7,8)2-15-4-9-10-11-12(4)1-3(13)14/h1-2H2,(H,13,14). The number of tetrazole rings is 1.